The number of fused-ring (bicyclic) bond motifs is 1. The lowest BCUT2D eigenvalue weighted by atomic mass is 10.1. The van der Waals surface area contributed by atoms with E-state index in [0.29, 0.717) is 16.6 Å². The van der Waals surface area contributed by atoms with Crippen LogP contribution in [0.3, 0.4) is 0 Å². The molecule has 2 aromatic carbocycles. The molecule has 0 fully saturated rings. The van der Waals surface area contributed by atoms with Crippen molar-refractivity contribution >= 4 is 34.6 Å². The van der Waals surface area contributed by atoms with Gasteiger partial charge in [-0.25, -0.2) is 4.99 Å². The summed E-state index contributed by atoms with van der Waals surface area (Å²) in [5, 5.41) is 0.702. The van der Waals surface area contributed by atoms with Crippen LogP contribution in [-0.2, 0) is 4.79 Å². The Kier molecular flexibility index (Phi) is 4.42. The zero-order valence-corrected chi connectivity index (χ0v) is 15.4. The van der Waals surface area contributed by atoms with Crippen LogP contribution in [0.1, 0.15) is 18.1 Å². The fraction of sp³-hybridized carbons (Fsp3) is 0.200. The number of carbonyl (C=O) groups excluding carboxylic acids is 1. The molecule has 0 saturated carbocycles. The molecule has 0 saturated heterocycles. The monoisotopic (exact) mass is 366 g/mol. The minimum absolute atomic E-state index is 0.123. The summed E-state index contributed by atoms with van der Waals surface area (Å²) in [4.78, 5) is 19.2. The lowest BCUT2D eigenvalue weighted by Gasteiger charge is -2.17. The first-order chi connectivity index (χ1) is 12.7. The summed E-state index contributed by atoms with van der Waals surface area (Å²) in [7, 11) is 0. The van der Waals surface area contributed by atoms with E-state index in [4.69, 9.17) is 9.47 Å². The molecule has 0 radical (unpaired) electrons. The topological polar surface area (TPSA) is 51.1 Å². The number of thioether (sulfide) groups is 1. The Morgan fingerprint density at radius 1 is 1.15 bits per heavy atom. The third-order valence-corrected chi connectivity index (χ3v) is 4.92. The maximum absolute atomic E-state index is 13.0. The summed E-state index contributed by atoms with van der Waals surface area (Å²) in [5.74, 6) is 2.12. The molecule has 0 atom stereocenters. The van der Waals surface area contributed by atoms with Crippen molar-refractivity contribution in [2.24, 2.45) is 4.99 Å². The molecule has 0 N–H and O–H groups in total. The average molecular weight is 366 g/mol. The van der Waals surface area contributed by atoms with Gasteiger partial charge >= 0.3 is 0 Å². The number of amides is 1. The van der Waals surface area contributed by atoms with Gasteiger partial charge in [0.1, 0.15) is 5.70 Å². The Morgan fingerprint density at radius 2 is 1.92 bits per heavy atom. The number of amidine groups is 1. The van der Waals surface area contributed by atoms with Gasteiger partial charge < -0.3 is 9.47 Å². The summed E-state index contributed by atoms with van der Waals surface area (Å²) < 4.78 is 10.7. The number of aryl methyl sites for hydroxylation is 1. The van der Waals surface area contributed by atoms with Crippen LogP contribution in [0.5, 0.6) is 11.5 Å². The molecule has 26 heavy (non-hydrogen) atoms. The van der Waals surface area contributed by atoms with E-state index in [-0.39, 0.29) is 12.7 Å². The van der Waals surface area contributed by atoms with E-state index >= 15 is 0 Å². The molecule has 4 rings (SSSR count). The third-order valence-electron chi connectivity index (χ3n) is 4.10. The van der Waals surface area contributed by atoms with Crippen molar-refractivity contribution in [1.82, 2.24) is 0 Å². The van der Waals surface area contributed by atoms with Crippen molar-refractivity contribution < 1.29 is 14.3 Å². The van der Waals surface area contributed by atoms with Gasteiger partial charge in [-0.05, 0) is 48.6 Å². The number of rotatable bonds is 3. The normalized spacial score (nSPS) is 17.2. The fourth-order valence-electron chi connectivity index (χ4n) is 2.80. The molecule has 0 unspecified atom stereocenters. The maximum Gasteiger partial charge on any atom is 0.283 e. The van der Waals surface area contributed by atoms with Crippen molar-refractivity contribution in [3.63, 3.8) is 0 Å². The predicted octanol–water partition coefficient (Wildman–Crippen LogP) is 4.22. The Balaban J connectivity index is 1.69. The number of hydrogen-bond acceptors (Lipinski definition) is 5. The SMILES string of the molecule is CCSC1=N/C(=C\c2ccc3c(c2)OCO3)C(=O)N1c1ccc(C)cc1. The molecule has 6 heteroatoms. The molecule has 132 valence electrons. The number of aliphatic imine (C=N–C) groups is 1. The minimum atomic E-state index is -0.123. The molecule has 2 heterocycles. The van der Waals surface area contributed by atoms with Gasteiger partial charge in [0.15, 0.2) is 16.7 Å². The Hall–Kier alpha value is -2.73. The van der Waals surface area contributed by atoms with E-state index in [1.54, 1.807) is 22.7 Å². The van der Waals surface area contributed by atoms with E-state index < -0.39 is 0 Å². The zero-order valence-electron chi connectivity index (χ0n) is 14.6. The van der Waals surface area contributed by atoms with Crippen LogP contribution >= 0.6 is 11.8 Å². The predicted molar refractivity (Wildman–Crippen MR) is 105 cm³/mol. The summed E-state index contributed by atoms with van der Waals surface area (Å²) in [6.07, 6.45) is 1.79. The molecular weight excluding hydrogens is 348 g/mol. The number of anilines is 1. The van der Waals surface area contributed by atoms with E-state index in [9.17, 15) is 4.79 Å². The number of hydrogen-bond donors (Lipinski definition) is 0. The van der Waals surface area contributed by atoms with Crippen LogP contribution in [0.15, 0.2) is 53.2 Å². The molecule has 2 aliphatic heterocycles. The zero-order chi connectivity index (χ0) is 18.1. The molecule has 5 nitrogen and oxygen atoms in total. The highest BCUT2D eigenvalue weighted by Gasteiger charge is 2.31. The highest BCUT2D eigenvalue weighted by atomic mass is 32.2. The highest BCUT2D eigenvalue weighted by molar-refractivity contribution is 8.14. The van der Waals surface area contributed by atoms with Gasteiger partial charge in [0.2, 0.25) is 6.79 Å². The van der Waals surface area contributed by atoms with Gasteiger partial charge in [0.05, 0.1) is 5.69 Å². The van der Waals surface area contributed by atoms with Gasteiger partial charge in [-0.15, -0.1) is 0 Å². The fourth-order valence-corrected chi connectivity index (χ4v) is 3.54. The Bertz CT molecular complexity index is 919. The van der Waals surface area contributed by atoms with E-state index in [1.165, 1.54) is 0 Å². The summed E-state index contributed by atoms with van der Waals surface area (Å²) in [6, 6.07) is 13.5. The van der Waals surface area contributed by atoms with Crippen molar-refractivity contribution in [3.05, 3.63) is 59.3 Å². The second-order valence-electron chi connectivity index (χ2n) is 5.95. The van der Waals surface area contributed by atoms with Crippen LogP contribution in [-0.4, -0.2) is 23.6 Å². The van der Waals surface area contributed by atoms with Crippen molar-refractivity contribution in [3.8, 4) is 11.5 Å². The summed E-state index contributed by atoms with van der Waals surface area (Å²) in [6.45, 7) is 4.30. The van der Waals surface area contributed by atoms with E-state index in [0.717, 1.165) is 28.3 Å². The van der Waals surface area contributed by atoms with Crippen molar-refractivity contribution in [2.45, 2.75) is 13.8 Å². The summed E-state index contributed by atoms with van der Waals surface area (Å²) >= 11 is 1.55. The van der Waals surface area contributed by atoms with Crippen LogP contribution in [0, 0.1) is 6.92 Å². The lowest BCUT2D eigenvalue weighted by molar-refractivity contribution is -0.113. The van der Waals surface area contributed by atoms with Gasteiger partial charge in [-0.3, -0.25) is 9.69 Å². The maximum atomic E-state index is 13.0. The average Bonchev–Trinajstić information content (AvgIpc) is 3.21. The summed E-state index contributed by atoms with van der Waals surface area (Å²) in [5.41, 5.74) is 3.25. The smallest absolute Gasteiger partial charge is 0.283 e. The first kappa shape index (κ1) is 16.7. The van der Waals surface area contributed by atoms with Crippen LogP contribution < -0.4 is 14.4 Å². The van der Waals surface area contributed by atoms with Crippen molar-refractivity contribution in [2.75, 3.05) is 17.4 Å². The lowest BCUT2D eigenvalue weighted by Crippen LogP contribution is -2.30. The van der Waals surface area contributed by atoms with Crippen LogP contribution in [0.4, 0.5) is 5.69 Å². The van der Waals surface area contributed by atoms with E-state index in [2.05, 4.69) is 4.99 Å². The Labute approximate surface area is 156 Å². The van der Waals surface area contributed by atoms with Gasteiger partial charge in [0.25, 0.3) is 5.91 Å². The minimum Gasteiger partial charge on any atom is -0.454 e. The number of carbonyl (C=O) groups is 1. The van der Waals surface area contributed by atoms with Crippen LogP contribution in [0.2, 0.25) is 0 Å². The molecule has 2 aliphatic rings. The standard InChI is InChI=1S/C20H18N2O3S/c1-3-26-20-21-16(10-14-6-9-17-18(11-14)25-12-24-17)19(23)22(20)15-7-4-13(2)5-8-15/h4-11H,3,12H2,1-2H3/b16-10-. The van der Waals surface area contributed by atoms with Gasteiger partial charge in [0, 0.05) is 0 Å². The first-order valence-electron chi connectivity index (χ1n) is 8.39. The second kappa shape index (κ2) is 6.88. The Morgan fingerprint density at radius 3 is 2.69 bits per heavy atom. The first-order valence-corrected chi connectivity index (χ1v) is 9.38. The van der Waals surface area contributed by atoms with Crippen LogP contribution in [0.25, 0.3) is 6.08 Å². The molecule has 0 aromatic heterocycles. The third kappa shape index (κ3) is 3.08. The quantitative estimate of drug-likeness (QED) is 0.763. The number of ether oxygens (including phenoxy) is 2. The van der Waals surface area contributed by atoms with Gasteiger partial charge in [-0.1, -0.05) is 42.4 Å². The molecule has 2 aromatic rings. The molecular formula is C20H18N2O3S. The molecule has 0 aliphatic carbocycles. The molecule has 0 spiro atoms. The molecule has 1 amide bonds. The largest absolute Gasteiger partial charge is 0.454 e. The number of nitrogens with zero attached hydrogens (tertiary/aromatic N) is 2. The van der Waals surface area contributed by atoms with E-state index in [1.807, 2.05) is 56.3 Å². The van der Waals surface area contributed by atoms with Gasteiger partial charge in [-0.2, -0.15) is 0 Å². The molecule has 0 bridgehead atoms. The highest BCUT2D eigenvalue weighted by Crippen LogP contribution is 2.34. The van der Waals surface area contributed by atoms with Crippen molar-refractivity contribution in [1.29, 1.82) is 0 Å². The second-order valence-corrected chi connectivity index (χ2v) is 7.18. The number of benzene rings is 2.